The van der Waals surface area contributed by atoms with Crippen molar-refractivity contribution in [1.29, 1.82) is 0 Å². The molecule has 0 aliphatic heterocycles. The van der Waals surface area contributed by atoms with E-state index in [0.29, 0.717) is 23.5 Å². The molecule has 1 amide bonds. The van der Waals surface area contributed by atoms with Crippen molar-refractivity contribution in [2.24, 2.45) is 4.99 Å². The second-order valence-corrected chi connectivity index (χ2v) is 3.95. The fourth-order valence-electron chi connectivity index (χ4n) is 1.98. The molecular formula is C13H13NO4. The number of ether oxygens (including phenoxy) is 2. The standard InChI is InChI=1S/C13H13NO4/c1-7(15)14-10-4-8-5-11(17-2)12(18-3)6-9(8)13(10)16/h5-6H,4H2,1-3H3/b14-10+. The number of hydrogen-bond donors (Lipinski definition) is 0. The quantitative estimate of drug-likeness (QED) is 0.793. The Morgan fingerprint density at radius 1 is 1.22 bits per heavy atom. The van der Waals surface area contributed by atoms with Crippen LogP contribution in [-0.2, 0) is 11.2 Å². The van der Waals surface area contributed by atoms with Crippen molar-refractivity contribution < 1.29 is 19.1 Å². The van der Waals surface area contributed by atoms with Gasteiger partial charge in [0.2, 0.25) is 11.7 Å². The van der Waals surface area contributed by atoms with Crippen molar-refractivity contribution in [3.8, 4) is 11.5 Å². The summed E-state index contributed by atoms with van der Waals surface area (Å²) in [4.78, 5) is 26.7. The number of hydrogen-bond acceptors (Lipinski definition) is 4. The van der Waals surface area contributed by atoms with Crippen LogP contribution < -0.4 is 9.47 Å². The fraction of sp³-hybridized carbons (Fsp3) is 0.308. The number of methoxy groups -OCH3 is 2. The lowest BCUT2D eigenvalue weighted by Crippen LogP contribution is -2.09. The number of amides is 1. The molecule has 1 aliphatic rings. The van der Waals surface area contributed by atoms with E-state index in [2.05, 4.69) is 4.99 Å². The van der Waals surface area contributed by atoms with Crippen LogP contribution in [0.25, 0.3) is 0 Å². The lowest BCUT2D eigenvalue weighted by Gasteiger charge is -2.08. The van der Waals surface area contributed by atoms with E-state index in [1.165, 1.54) is 21.1 Å². The van der Waals surface area contributed by atoms with Gasteiger partial charge in [0.15, 0.2) is 11.5 Å². The highest BCUT2D eigenvalue weighted by molar-refractivity contribution is 6.50. The third-order valence-electron chi connectivity index (χ3n) is 2.77. The van der Waals surface area contributed by atoms with Crippen molar-refractivity contribution in [3.05, 3.63) is 23.3 Å². The summed E-state index contributed by atoms with van der Waals surface area (Å²) in [6.07, 6.45) is 0.355. The first-order valence-electron chi connectivity index (χ1n) is 5.44. The highest BCUT2D eigenvalue weighted by Gasteiger charge is 2.28. The molecule has 0 atom stereocenters. The Labute approximate surface area is 104 Å². The molecule has 0 radical (unpaired) electrons. The van der Waals surface area contributed by atoms with E-state index in [9.17, 15) is 9.59 Å². The topological polar surface area (TPSA) is 65.0 Å². The molecule has 0 aromatic heterocycles. The van der Waals surface area contributed by atoms with Gasteiger partial charge in [0, 0.05) is 18.9 Å². The zero-order valence-electron chi connectivity index (χ0n) is 10.4. The molecular weight excluding hydrogens is 234 g/mol. The first kappa shape index (κ1) is 12.3. The molecule has 94 valence electrons. The summed E-state index contributed by atoms with van der Waals surface area (Å²) in [5.74, 6) is 0.466. The van der Waals surface area contributed by atoms with E-state index in [-0.39, 0.29) is 17.4 Å². The molecule has 0 saturated heterocycles. The molecule has 1 aliphatic carbocycles. The summed E-state index contributed by atoms with van der Waals surface area (Å²) in [5, 5.41) is 0. The second-order valence-electron chi connectivity index (χ2n) is 3.95. The minimum Gasteiger partial charge on any atom is -0.493 e. The first-order chi connectivity index (χ1) is 8.56. The van der Waals surface area contributed by atoms with E-state index in [1.807, 2.05) is 0 Å². The average molecular weight is 247 g/mol. The molecule has 1 aromatic carbocycles. The number of carbonyl (C=O) groups is 2. The fourth-order valence-corrected chi connectivity index (χ4v) is 1.98. The molecule has 0 heterocycles. The Bertz CT molecular complexity index is 560. The van der Waals surface area contributed by atoms with Crippen LogP contribution in [0.2, 0.25) is 0 Å². The summed E-state index contributed by atoms with van der Waals surface area (Å²) >= 11 is 0. The summed E-state index contributed by atoms with van der Waals surface area (Å²) in [6, 6.07) is 3.37. The SMILES string of the molecule is COc1cc2c(cc1OC)C(=O)/C(=N/C(C)=O)C2. The molecule has 2 rings (SSSR count). The minimum atomic E-state index is -0.370. The summed E-state index contributed by atoms with van der Waals surface area (Å²) in [7, 11) is 3.04. The predicted molar refractivity (Wildman–Crippen MR) is 65.7 cm³/mol. The second kappa shape index (κ2) is 4.60. The number of rotatable bonds is 2. The van der Waals surface area contributed by atoms with Gasteiger partial charge in [-0.05, 0) is 17.7 Å². The van der Waals surface area contributed by atoms with Gasteiger partial charge in [0.05, 0.1) is 19.9 Å². The number of benzene rings is 1. The van der Waals surface area contributed by atoms with Crippen LogP contribution in [0.5, 0.6) is 11.5 Å². The third kappa shape index (κ3) is 1.99. The normalized spacial score (nSPS) is 15.7. The number of ketones is 1. The predicted octanol–water partition coefficient (Wildman–Crippen LogP) is 1.43. The van der Waals surface area contributed by atoms with Crippen molar-refractivity contribution >= 4 is 17.4 Å². The molecule has 5 heteroatoms. The van der Waals surface area contributed by atoms with Crippen molar-refractivity contribution in [2.75, 3.05) is 14.2 Å². The summed E-state index contributed by atoms with van der Waals surface area (Å²) in [5.41, 5.74) is 1.60. The van der Waals surface area contributed by atoms with Crippen LogP contribution in [0.1, 0.15) is 22.8 Å². The van der Waals surface area contributed by atoms with Crippen LogP contribution in [-0.4, -0.2) is 31.6 Å². The van der Waals surface area contributed by atoms with E-state index in [4.69, 9.17) is 9.47 Å². The van der Waals surface area contributed by atoms with E-state index >= 15 is 0 Å². The highest BCUT2D eigenvalue weighted by Crippen LogP contribution is 2.34. The lowest BCUT2D eigenvalue weighted by molar-refractivity contribution is -0.115. The van der Waals surface area contributed by atoms with E-state index in [1.54, 1.807) is 12.1 Å². The van der Waals surface area contributed by atoms with Gasteiger partial charge in [-0.3, -0.25) is 9.59 Å². The van der Waals surface area contributed by atoms with Crippen molar-refractivity contribution in [1.82, 2.24) is 0 Å². The van der Waals surface area contributed by atoms with E-state index in [0.717, 1.165) is 5.56 Å². The minimum absolute atomic E-state index is 0.221. The van der Waals surface area contributed by atoms with Gasteiger partial charge < -0.3 is 9.47 Å². The molecule has 0 fully saturated rings. The highest BCUT2D eigenvalue weighted by atomic mass is 16.5. The van der Waals surface area contributed by atoms with Gasteiger partial charge >= 0.3 is 0 Å². The summed E-state index contributed by atoms with van der Waals surface area (Å²) < 4.78 is 10.3. The average Bonchev–Trinajstić information content (AvgIpc) is 2.63. The molecule has 5 nitrogen and oxygen atoms in total. The number of Topliss-reactive ketones (excluding diaryl/α,β-unsaturated/α-hetero) is 1. The zero-order valence-corrected chi connectivity index (χ0v) is 10.4. The Morgan fingerprint density at radius 2 is 1.83 bits per heavy atom. The van der Waals surface area contributed by atoms with Crippen LogP contribution in [0.15, 0.2) is 17.1 Å². The zero-order chi connectivity index (χ0) is 13.3. The Morgan fingerprint density at radius 3 is 2.39 bits per heavy atom. The molecule has 1 aromatic rings. The largest absolute Gasteiger partial charge is 0.493 e. The van der Waals surface area contributed by atoms with Crippen LogP contribution in [0, 0.1) is 0 Å². The third-order valence-corrected chi connectivity index (χ3v) is 2.77. The Balaban J connectivity index is 2.49. The monoisotopic (exact) mass is 247 g/mol. The van der Waals surface area contributed by atoms with Crippen LogP contribution >= 0.6 is 0 Å². The molecule has 0 bridgehead atoms. The molecule has 0 spiro atoms. The van der Waals surface area contributed by atoms with Crippen LogP contribution in [0.3, 0.4) is 0 Å². The van der Waals surface area contributed by atoms with Gasteiger partial charge in [-0.1, -0.05) is 0 Å². The number of fused-ring (bicyclic) bond motifs is 1. The maximum absolute atomic E-state index is 12.0. The Kier molecular flexibility index (Phi) is 3.14. The maximum Gasteiger partial charge on any atom is 0.242 e. The van der Waals surface area contributed by atoms with Gasteiger partial charge in [-0.2, -0.15) is 0 Å². The smallest absolute Gasteiger partial charge is 0.242 e. The van der Waals surface area contributed by atoms with Crippen LogP contribution in [0.4, 0.5) is 0 Å². The van der Waals surface area contributed by atoms with Gasteiger partial charge in [0.1, 0.15) is 0 Å². The van der Waals surface area contributed by atoms with Crippen molar-refractivity contribution in [3.63, 3.8) is 0 Å². The number of carbonyl (C=O) groups excluding carboxylic acids is 2. The maximum atomic E-state index is 12.0. The van der Waals surface area contributed by atoms with Gasteiger partial charge in [-0.15, -0.1) is 0 Å². The van der Waals surface area contributed by atoms with Gasteiger partial charge in [-0.25, -0.2) is 4.99 Å². The molecule has 18 heavy (non-hydrogen) atoms. The first-order valence-corrected chi connectivity index (χ1v) is 5.44. The van der Waals surface area contributed by atoms with Crippen molar-refractivity contribution in [2.45, 2.75) is 13.3 Å². The molecule has 0 N–H and O–H groups in total. The number of aliphatic imine (C=N–C) groups is 1. The van der Waals surface area contributed by atoms with Gasteiger partial charge in [0.25, 0.3) is 0 Å². The lowest BCUT2D eigenvalue weighted by atomic mass is 10.1. The van der Waals surface area contributed by atoms with E-state index < -0.39 is 0 Å². The number of nitrogens with zero attached hydrogens (tertiary/aromatic N) is 1. The molecule has 0 saturated carbocycles. The molecule has 0 unspecified atom stereocenters. The Hall–Kier alpha value is -2.17. The summed E-state index contributed by atoms with van der Waals surface area (Å²) in [6.45, 7) is 1.32.